The van der Waals surface area contributed by atoms with E-state index in [1.165, 1.54) is 6.92 Å². The van der Waals surface area contributed by atoms with Gasteiger partial charge in [0.2, 0.25) is 0 Å². The summed E-state index contributed by atoms with van der Waals surface area (Å²) in [6.45, 7) is 7.82. The van der Waals surface area contributed by atoms with Gasteiger partial charge in [0, 0.05) is 19.3 Å². The van der Waals surface area contributed by atoms with Gasteiger partial charge < -0.3 is 9.84 Å². The average Bonchev–Trinajstić information content (AvgIpc) is 2.97. The third kappa shape index (κ3) is 3.14. The van der Waals surface area contributed by atoms with Crippen molar-refractivity contribution in [2.45, 2.75) is 85.2 Å². The lowest BCUT2D eigenvalue weighted by Gasteiger charge is -2.60. The zero-order valence-electron chi connectivity index (χ0n) is 18.3. The minimum Gasteiger partial charge on any atom is -0.481 e. The summed E-state index contributed by atoms with van der Waals surface area (Å²) < 4.78 is 5.52. The van der Waals surface area contributed by atoms with E-state index in [1.54, 1.807) is 0 Å². The summed E-state index contributed by atoms with van der Waals surface area (Å²) in [6, 6.07) is 0. The van der Waals surface area contributed by atoms with Gasteiger partial charge in [-0.05, 0) is 79.4 Å². The van der Waals surface area contributed by atoms with Crippen molar-refractivity contribution in [3.63, 3.8) is 0 Å². The summed E-state index contributed by atoms with van der Waals surface area (Å²) in [7, 11) is 0. The summed E-state index contributed by atoms with van der Waals surface area (Å²) in [5.74, 6) is 0.519. The van der Waals surface area contributed by atoms with Crippen LogP contribution < -0.4 is 0 Å². The molecule has 0 aromatic heterocycles. The van der Waals surface area contributed by atoms with Gasteiger partial charge in [-0.25, -0.2) is 0 Å². The molecule has 4 saturated carbocycles. The largest absolute Gasteiger partial charge is 0.481 e. The SMILES string of the molecule is CC(=O)OC1CC[C@@]2(C)C(CC[C@H]3[C@@H]4CC[C@H](C(C)C(=O)O)[C@@]4(C)CC(=O)[C@@H]32)C1. The van der Waals surface area contributed by atoms with Crippen molar-refractivity contribution < 1.29 is 24.2 Å². The molecule has 0 saturated heterocycles. The van der Waals surface area contributed by atoms with Gasteiger partial charge in [-0.1, -0.05) is 20.8 Å². The highest BCUT2D eigenvalue weighted by atomic mass is 16.5. The molecule has 5 heteroatoms. The predicted octanol–water partition coefficient (Wildman–Crippen LogP) is 4.48. The van der Waals surface area contributed by atoms with Gasteiger partial charge in [0.05, 0.1) is 5.92 Å². The fraction of sp³-hybridized carbons (Fsp3) is 0.875. The fourth-order valence-electron chi connectivity index (χ4n) is 8.41. The number of hydrogen-bond acceptors (Lipinski definition) is 4. The van der Waals surface area contributed by atoms with Crippen molar-refractivity contribution in [1.29, 1.82) is 0 Å². The fourth-order valence-corrected chi connectivity index (χ4v) is 8.41. The van der Waals surface area contributed by atoms with E-state index in [4.69, 9.17) is 4.74 Å². The van der Waals surface area contributed by atoms with Crippen LogP contribution in [0.3, 0.4) is 0 Å². The Morgan fingerprint density at radius 2 is 1.83 bits per heavy atom. The molecule has 5 nitrogen and oxygen atoms in total. The Morgan fingerprint density at radius 1 is 1.10 bits per heavy atom. The number of rotatable bonds is 3. The van der Waals surface area contributed by atoms with Crippen molar-refractivity contribution in [2.24, 2.45) is 46.3 Å². The molecule has 4 fully saturated rings. The lowest BCUT2D eigenvalue weighted by molar-refractivity contribution is -0.170. The Morgan fingerprint density at radius 3 is 2.48 bits per heavy atom. The molecule has 4 aliphatic rings. The van der Waals surface area contributed by atoms with Gasteiger partial charge in [-0.15, -0.1) is 0 Å². The van der Waals surface area contributed by atoms with Crippen molar-refractivity contribution in [3.8, 4) is 0 Å². The molecule has 0 amide bonds. The second-order valence-electron chi connectivity index (χ2n) is 11.0. The number of Topliss-reactive ketones (excluding diaryl/α,β-unsaturated/α-hetero) is 1. The van der Waals surface area contributed by atoms with Gasteiger partial charge in [0.15, 0.2) is 0 Å². The average molecular weight is 405 g/mol. The van der Waals surface area contributed by atoms with Crippen LogP contribution in [0.25, 0.3) is 0 Å². The Bertz CT molecular complexity index is 716. The number of esters is 1. The van der Waals surface area contributed by atoms with Crippen LogP contribution in [-0.2, 0) is 19.1 Å². The molecule has 4 aliphatic carbocycles. The van der Waals surface area contributed by atoms with Crippen molar-refractivity contribution in [1.82, 2.24) is 0 Å². The molecule has 1 N–H and O–H groups in total. The Hall–Kier alpha value is -1.39. The highest BCUT2D eigenvalue weighted by Gasteiger charge is 2.64. The van der Waals surface area contributed by atoms with Crippen LogP contribution in [0.5, 0.6) is 0 Å². The standard InChI is InChI=1S/C24H36O5/c1-13(22(27)28)18-7-8-19-17-6-5-15-11-16(29-14(2)25)9-10-23(15,3)21(17)20(26)12-24(18,19)4/h13,15-19,21H,5-12H2,1-4H3,(H,27,28)/t13?,15?,16?,17-,18+,19-,21+,23-,24+/m0/s1. The number of carbonyl (C=O) groups excluding carboxylic acids is 2. The molecule has 0 aromatic carbocycles. The molecule has 0 radical (unpaired) electrons. The normalized spacial score (nSPS) is 47.5. The molecular weight excluding hydrogens is 368 g/mol. The first-order chi connectivity index (χ1) is 13.6. The first-order valence-electron chi connectivity index (χ1n) is 11.5. The predicted molar refractivity (Wildman–Crippen MR) is 108 cm³/mol. The maximum Gasteiger partial charge on any atom is 0.306 e. The molecular formula is C24H36O5. The maximum atomic E-state index is 13.6. The molecule has 0 bridgehead atoms. The van der Waals surface area contributed by atoms with Crippen molar-refractivity contribution in [2.75, 3.05) is 0 Å². The number of fused-ring (bicyclic) bond motifs is 5. The topological polar surface area (TPSA) is 80.7 Å². The molecule has 29 heavy (non-hydrogen) atoms. The van der Waals surface area contributed by atoms with E-state index in [1.807, 2.05) is 6.92 Å². The van der Waals surface area contributed by atoms with Crippen molar-refractivity contribution >= 4 is 17.7 Å². The maximum absolute atomic E-state index is 13.6. The minimum absolute atomic E-state index is 0.00152. The number of ketones is 1. The second kappa shape index (κ2) is 7.09. The molecule has 0 aromatic rings. The third-order valence-electron chi connectivity index (χ3n) is 9.70. The number of carbonyl (C=O) groups is 3. The lowest BCUT2D eigenvalue weighted by Crippen LogP contribution is -2.58. The highest BCUT2D eigenvalue weighted by molar-refractivity contribution is 5.84. The van der Waals surface area contributed by atoms with Crippen LogP contribution in [0, 0.1) is 46.3 Å². The summed E-state index contributed by atoms with van der Waals surface area (Å²) in [5, 5.41) is 9.61. The summed E-state index contributed by atoms with van der Waals surface area (Å²) in [5.41, 5.74) is -0.178. The minimum atomic E-state index is -0.731. The molecule has 9 atom stereocenters. The smallest absolute Gasteiger partial charge is 0.306 e. The van der Waals surface area contributed by atoms with Crippen LogP contribution in [0.2, 0.25) is 0 Å². The molecule has 162 valence electrons. The van der Waals surface area contributed by atoms with Crippen LogP contribution in [0.4, 0.5) is 0 Å². The van der Waals surface area contributed by atoms with Gasteiger partial charge in [-0.3, -0.25) is 14.4 Å². The first kappa shape index (κ1) is 20.9. The number of carboxylic acids is 1. The zero-order chi connectivity index (χ0) is 21.1. The van der Waals surface area contributed by atoms with Gasteiger partial charge in [0.25, 0.3) is 0 Å². The molecule has 0 heterocycles. The third-order valence-corrected chi connectivity index (χ3v) is 9.70. The lowest BCUT2D eigenvalue weighted by atomic mass is 9.44. The van der Waals surface area contributed by atoms with E-state index in [-0.39, 0.29) is 40.7 Å². The van der Waals surface area contributed by atoms with E-state index in [0.717, 1.165) is 44.9 Å². The summed E-state index contributed by atoms with van der Waals surface area (Å²) in [6.07, 6.45) is 7.35. The Balaban J connectivity index is 1.59. The quantitative estimate of drug-likeness (QED) is 0.702. The monoisotopic (exact) mass is 404 g/mol. The zero-order valence-corrected chi connectivity index (χ0v) is 18.3. The number of hydrogen-bond donors (Lipinski definition) is 1. The number of ether oxygens (including phenoxy) is 1. The molecule has 0 spiro atoms. The van der Waals surface area contributed by atoms with Crippen LogP contribution in [0.1, 0.15) is 79.1 Å². The molecule has 3 unspecified atom stereocenters. The van der Waals surface area contributed by atoms with Crippen molar-refractivity contribution in [3.05, 3.63) is 0 Å². The highest BCUT2D eigenvalue weighted by Crippen LogP contribution is 2.67. The summed E-state index contributed by atoms with van der Waals surface area (Å²) >= 11 is 0. The van der Waals surface area contributed by atoms with E-state index in [0.29, 0.717) is 30.0 Å². The van der Waals surface area contributed by atoms with Gasteiger partial charge in [0.1, 0.15) is 11.9 Å². The Labute approximate surface area is 174 Å². The Kier molecular flexibility index (Phi) is 5.10. The van der Waals surface area contributed by atoms with E-state index < -0.39 is 5.97 Å². The van der Waals surface area contributed by atoms with Crippen LogP contribution in [0.15, 0.2) is 0 Å². The van der Waals surface area contributed by atoms with Gasteiger partial charge in [-0.2, -0.15) is 0 Å². The summed E-state index contributed by atoms with van der Waals surface area (Å²) in [4.78, 5) is 36.7. The van der Waals surface area contributed by atoms with Gasteiger partial charge >= 0.3 is 11.9 Å². The second-order valence-corrected chi connectivity index (χ2v) is 11.0. The number of aliphatic carboxylic acids is 1. The van der Waals surface area contributed by atoms with Crippen LogP contribution in [-0.4, -0.2) is 28.9 Å². The molecule has 4 rings (SSSR count). The van der Waals surface area contributed by atoms with E-state index in [2.05, 4.69) is 13.8 Å². The van der Waals surface area contributed by atoms with E-state index >= 15 is 0 Å². The van der Waals surface area contributed by atoms with E-state index in [9.17, 15) is 19.5 Å². The first-order valence-corrected chi connectivity index (χ1v) is 11.5. The molecule has 0 aliphatic heterocycles. The number of carboxylic acid groups (broad SMARTS) is 1. The van der Waals surface area contributed by atoms with Crippen LogP contribution >= 0.6 is 0 Å².